The van der Waals surface area contributed by atoms with Gasteiger partial charge in [-0.05, 0) is 37.5 Å². The Hall–Kier alpha value is -2.61. The molecule has 0 aromatic heterocycles. The van der Waals surface area contributed by atoms with Crippen LogP contribution in [0, 0.1) is 11.8 Å². The molecular formula is C19H22N2O3. The van der Waals surface area contributed by atoms with Crippen molar-refractivity contribution in [3.8, 4) is 11.8 Å². The van der Waals surface area contributed by atoms with E-state index < -0.39 is 0 Å². The lowest BCUT2D eigenvalue weighted by molar-refractivity contribution is -0.130. The second-order valence-corrected chi connectivity index (χ2v) is 5.70. The first-order valence-electron chi connectivity index (χ1n) is 8.29. The normalized spacial score (nSPS) is 13.1. The molecule has 0 atom stereocenters. The SMILES string of the molecule is O=CCNC(=O)c1cccc(C#CCCCC(=O)N2CCCC2)c1. The molecule has 1 fully saturated rings. The molecule has 5 heteroatoms. The van der Waals surface area contributed by atoms with Gasteiger partial charge in [0.25, 0.3) is 5.91 Å². The first kappa shape index (κ1) is 17.7. The molecule has 1 heterocycles. The minimum absolute atomic E-state index is 0.000212. The Morgan fingerprint density at radius 1 is 1.25 bits per heavy atom. The van der Waals surface area contributed by atoms with Gasteiger partial charge in [0.1, 0.15) is 6.29 Å². The van der Waals surface area contributed by atoms with Gasteiger partial charge in [0.2, 0.25) is 5.91 Å². The van der Waals surface area contributed by atoms with Crippen LogP contribution in [0.15, 0.2) is 24.3 Å². The van der Waals surface area contributed by atoms with Crippen molar-refractivity contribution >= 4 is 18.1 Å². The van der Waals surface area contributed by atoms with Crippen molar-refractivity contribution in [1.29, 1.82) is 0 Å². The molecule has 2 amide bonds. The Morgan fingerprint density at radius 2 is 2.04 bits per heavy atom. The summed E-state index contributed by atoms with van der Waals surface area (Å²) in [4.78, 5) is 35.9. The van der Waals surface area contributed by atoms with Gasteiger partial charge in [0.05, 0.1) is 6.54 Å². The van der Waals surface area contributed by atoms with E-state index in [0.29, 0.717) is 24.7 Å². The summed E-state index contributed by atoms with van der Waals surface area (Å²) in [7, 11) is 0. The smallest absolute Gasteiger partial charge is 0.251 e. The third-order valence-corrected chi connectivity index (χ3v) is 3.85. The average Bonchev–Trinajstić information content (AvgIpc) is 3.14. The van der Waals surface area contributed by atoms with Crippen molar-refractivity contribution < 1.29 is 14.4 Å². The highest BCUT2D eigenvalue weighted by Gasteiger charge is 2.16. The molecule has 1 aliphatic rings. The molecule has 2 rings (SSSR count). The van der Waals surface area contributed by atoms with Gasteiger partial charge >= 0.3 is 0 Å². The second-order valence-electron chi connectivity index (χ2n) is 5.70. The van der Waals surface area contributed by atoms with E-state index in [-0.39, 0.29) is 18.4 Å². The van der Waals surface area contributed by atoms with E-state index in [4.69, 9.17) is 0 Å². The molecule has 0 radical (unpaired) electrons. The Balaban J connectivity index is 1.79. The van der Waals surface area contributed by atoms with E-state index in [1.807, 2.05) is 11.0 Å². The number of nitrogens with zero attached hydrogens (tertiary/aromatic N) is 1. The summed E-state index contributed by atoms with van der Waals surface area (Å²) in [5.41, 5.74) is 1.23. The fourth-order valence-corrected chi connectivity index (χ4v) is 2.59. The molecule has 0 unspecified atom stereocenters. The van der Waals surface area contributed by atoms with Crippen LogP contribution < -0.4 is 5.32 Å². The number of amides is 2. The van der Waals surface area contributed by atoms with Gasteiger partial charge in [-0.2, -0.15) is 0 Å². The van der Waals surface area contributed by atoms with Crippen LogP contribution in [0.1, 0.15) is 48.0 Å². The van der Waals surface area contributed by atoms with Crippen molar-refractivity contribution in [3.05, 3.63) is 35.4 Å². The molecule has 5 nitrogen and oxygen atoms in total. The molecule has 0 saturated carbocycles. The highest BCUT2D eigenvalue weighted by Crippen LogP contribution is 2.10. The van der Waals surface area contributed by atoms with E-state index in [0.717, 1.165) is 37.9 Å². The van der Waals surface area contributed by atoms with Crippen LogP contribution in [0.2, 0.25) is 0 Å². The van der Waals surface area contributed by atoms with E-state index in [1.165, 1.54) is 0 Å². The van der Waals surface area contributed by atoms with Crippen LogP contribution in [0.25, 0.3) is 0 Å². The quantitative estimate of drug-likeness (QED) is 0.492. The van der Waals surface area contributed by atoms with E-state index in [9.17, 15) is 14.4 Å². The maximum atomic E-state index is 11.9. The summed E-state index contributed by atoms with van der Waals surface area (Å²) >= 11 is 0. The fourth-order valence-electron chi connectivity index (χ4n) is 2.59. The first-order chi connectivity index (χ1) is 11.7. The van der Waals surface area contributed by atoms with Gasteiger partial charge in [-0.3, -0.25) is 9.59 Å². The van der Waals surface area contributed by atoms with Crippen molar-refractivity contribution in [2.24, 2.45) is 0 Å². The molecule has 1 aromatic carbocycles. The lowest BCUT2D eigenvalue weighted by Gasteiger charge is -2.14. The van der Waals surface area contributed by atoms with Crippen LogP contribution in [0.4, 0.5) is 0 Å². The topological polar surface area (TPSA) is 66.5 Å². The monoisotopic (exact) mass is 326 g/mol. The largest absolute Gasteiger partial charge is 0.345 e. The summed E-state index contributed by atoms with van der Waals surface area (Å²) in [5.74, 6) is 6.00. The number of hydrogen-bond donors (Lipinski definition) is 1. The summed E-state index contributed by atoms with van der Waals surface area (Å²) in [6.07, 6.45) is 4.82. The number of hydrogen-bond acceptors (Lipinski definition) is 3. The standard InChI is InChI=1S/C19H22N2O3/c22-14-11-20-19(24)17-9-6-8-16(15-17)7-2-1-3-10-18(23)21-12-4-5-13-21/h6,8-9,14-15H,1,3-5,10-13H2,(H,20,24). The highest BCUT2D eigenvalue weighted by atomic mass is 16.2. The second kappa shape index (κ2) is 9.51. The van der Waals surface area contributed by atoms with E-state index in [2.05, 4.69) is 17.2 Å². The number of carbonyl (C=O) groups is 3. The predicted molar refractivity (Wildman–Crippen MR) is 91.4 cm³/mol. The van der Waals surface area contributed by atoms with E-state index in [1.54, 1.807) is 18.2 Å². The Morgan fingerprint density at radius 3 is 2.79 bits per heavy atom. The van der Waals surface area contributed by atoms with Crippen LogP contribution in [0.3, 0.4) is 0 Å². The highest BCUT2D eigenvalue weighted by molar-refractivity contribution is 5.95. The molecule has 1 aromatic rings. The first-order valence-corrected chi connectivity index (χ1v) is 8.29. The summed E-state index contributed by atoms with van der Waals surface area (Å²) in [6.45, 7) is 1.78. The summed E-state index contributed by atoms with van der Waals surface area (Å²) in [5, 5.41) is 2.49. The van der Waals surface area contributed by atoms with Gasteiger partial charge in [0.15, 0.2) is 0 Å². The lowest BCUT2D eigenvalue weighted by atomic mass is 10.1. The van der Waals surface area contributed by atoms with E-state index >= 15 is 0 Å². The lowest BCUT2D eigenvalue weighted by Crippen LogP contribution is -2.27. The van der Waals surface area contributed by atoms with Crippen LogP contribution in [-0.4, -0.2) is 42.6 Å². The third kappa shape index (κ3) is 5.54. The molecule has 24 heavy (non-hydrogen) atoms. The Labute approximate surface area is 142 Å². The van der Waals surface area contributed by atoms with Gasteiger partial charge < -0.3 is 15.0 Å². The van der Waals surface area contributed by atoms with Gasteiger partial charge in [0, 0.05) is 37.1 Å². The zero-order valence-corrected chi connectivity index (χ0v) is 13.7. The van der Waals surface area contributed by atoms with Crippen molar-refractivity contribution in [1.82, 2.24) is 10.2 Å². The molecule has 126 valence electrons. The zero-order chi connectivity index (χ0) is 17.2. The predicted octanol–water partition coefficient (Wildman–Crippen LogP) is 1.76. The van der Waals surface area contributed by atoms with Crippen molar-refractivity contribution in [3.63, 3.8) is 0 Å². The molecule has 0 spiro atoms. The fraction of sp³-hybridized carbons (Fsp3) is 0.421. The van der Waals surface area contributed by atoms with Gasteiger partial charge in [-0.15, -0.1) is 0 Å². The van der Waals surface area contributed by atoms with Crippen LogP contribution >= 0.6 is 0 Å². The average molecular weight is 326 g/mol. The maximum absolute atomic E-state index is 11.9. The minimum Gasteiger partial charge on any atom is -0.345 e. The number of unbranched alkanes of at least 4 members (excludes halogenated alkanes) is 1. The molecule has 1 aliphatic heterocycles. The number of aldehydes is 1. The molecular weight excluding hydrogens is 304 g/mol. The van der Waals surface area contributed by atoms with Crippen molar-refractivity contribution in [2.45, 2.75) is 32.1 Å². The number of likely N-dealkylation sites (tertiary alicyclic amines) is 1. The van der Waals surface area contributed by atoms with Crippen LogP contribution in [-0.2, 0) is 9.59 Å². The Bertz CT molecular complexity index is 652. The zero-order valence-electron chi connectivity index (χ0n) is 13.7. The number of rotatable bonds is 6. The molecule has 1 N–H and O–H groups in total. The molecule has 1 saturated heterocycles. The van der Waals surface area contributed by atoms with Gasteiger partial charge in [-0.1, -0.05) is 17.9 Å². The summed E-state index contributed by atoms with van der Waals surface area (Å²) < 4.78 is 0. The number of benzene rings is 1. The Kier molecular flexibility index (Phi) is 7.03. The van der Waals surface area contributed by atoms with Crippen molar-refractivity contribution in [2.75, 3.05) is 19.6 Å². The molecule has 0 aliphatic carbocycles. The summed E-state index contributed by atoms with van der Waals surface area (Å²) in [6, 6.07) is 6.97. The van der Waals surface area contributed by atoms with Crippen LogP contribution in [0.5, 0.6) is 0 Å². The molecule has 0 bridgehead atoms. The number of nitrogens with one attached hydrogen (secondary N) is 1. The number of carbonyl (C=O) groups excluding carboxylic acids is 3. The third-order valence-electron chi connectivity index (χ3n) is 3.85. The maximum Gasteiger partial charge on any atom is 0.251 e. The minimum atomic E-state index is -0.290. The van der Waals surface area contributed by atoms with Gasteiger partial charge in [-0.25, -0.2) is 0 Å².